The van der Waals surface area contributed by atoms with Gasteiger partial charge in [0.05, 0.1) is 11.0 Å². The van der Waals surface area contributed by atoms with Gasteiger partial charge in [0.1, 0.15) is 29.2 Å². The lowest BCUT2D eigenvalue weighted by Gasteiger charge is -2.33. The summed E-state index contributed by atoms with van der Waals surface area (Å²) in [5.74, 6) is 6.36. The van der Waals surface area contributed by atoms with Crippen LogP contribution < -0.4 is 0 Å². The van der Waals surface area contributed by atoms with E-state index >= 15 is 0 Å². The second kappa shape index (κ2) is 12.0. The molecule has 2 aromatic rings. The van der Waals surface area contributed by atoms with Gasteiger partial charge in [0, 0.05) is 46.8 Å². The van der Waals surface area contributed by atoms with E-state index in [1.807, 2.05) is 0 Å². The summed E-state index contributed by atoms with van der Waals surface area (Å²) in [4.78, 5) is 15.8. The summed E-state index contributed by atoms with van der Waals surface area (Å²) < 4.78 is 13.1. The first-order valence-corrected chi connectivity index (χ1v) is 18.8. The molecule has 0 N–H and O–H groups in total. The number of hydrogen-bond acceptors (Lipinski definition) is 5. The number of nitrogens with zero attached hydrogens (tertiary/aromatic N) is 3. The smallest absolute Gasteiger partial charge is 0.167 e. The summed E-state index contributed by atoms with van der Waals surface area (Å²) >= 11 is 6.64. The van der Waals surface area contributed by atoms with E-state index in [1.165, 1.54) is 27.8 Å². The molecule has 6 heteroatoms. The lowest BCUT2D eigenvalue weighted by Crippen LogP contribution is -2.22. The van der Waals surface area contributed by atoms with Crippen LogP contribution in [0.1, 0.15) is 97.4 Å². The van der Waals surface area contributed by atoms with Crippen molar-refractivity contribution in [2.24, 2.45) is 17.8 Å². The highest BCUT2D eigenvalue weighted by Crippen LogP contribution is 2.49. The van der Waals surface area contributed by atoms with Crippen molar-refractivity contribution in [2.45, 2.75) is 81.6 Å². The molecular formula is C43H40ClN3O2. The van der Waals surface area contributed by atoms with Gasteiger partial charge < -0.3 is 9.15 Å². The van der Waals surface area contributed by atoms with Crippen molar-refractivity contribution in [3.05, 3.63) is 136 Å². The molecule has 0 radical (unpaired) electrons. The largest absolute Gasteiger partial charge is 0.489 e. The van der Waals surface area contributed by atoms with E-state index in [1.54, 1.807) is 0 Å². The van der Waals surface area contributed by atoms with E-state index in [0.29, 0.717) is 5.92 Å². The lowest BCUT2D eigenvalue weighted by molar-refractivity contribution is 0.122. The Bertz CT molecular complexity index is 2060. The number of aryl methyl sites for hydroxylation is 1. The number of ether oxygens (including phenoxy) is 1. The van der Waals surface area contributed by atoms with Crippen LogP contribution in [0.4, 0.5) is 0 Å². The van der Waals surface area contributed by atoms with Crippen LogP contribution in [0.5, 0.6) is 0 Å². The molecule has 0 saturated carbocycles. The highest BCUT2D eigenvalue weighted by molar-refractivity contribution is 6.22. The topological polar surface area (TPSA) is 61.0 Å². The van der Waals surface area contributed by atoms with Crippen LogP contribution in [0, 0.1) is 17.8 Å². The second-order valence-electron chi connectivity index (χ2n) is 14.5. The first-order chi connectivity index (χ1) is 24.2. The normalized spacial score (nSPS) is 30.7. The maximum atomic E-state index is 6.72. The van der Waals surface area contributed by atoms with Crippen LogP contribution in [0.15, 0.2) is 100 Å². The molecule has 0 fully saturated rings. The first-order valence-electron chi connectivity index (χ1n) is 18.3. The number of allylic oxidation sites excluding steroid dienone is 16. The molecule has 246 valence electrons. The Morgan fingerprint density at radius 1 is 0.755 bits per heavy atom. The third kappa shape index (κ3) is 4.99. The van der Waals surface area contributed by atoms with E-state index in [-0.39, 0.29) is 29.2 Å². The van der Waals surface area contributed by atoms with Gasteiger partial charge in [-0.1, -0.05) is 79.0 Å². The van der Waals surface area contributed by atoms with E-state index in [0.717, 1.165) is 110 Å². The van der Waals surface area contributed by atoms with E-state index in [9.17, 15) is 0 Å². The summed E-state index contributed by atoms with van der Waals surface area (Å²) in [6.45, 7) is 0. The zero-order valence-electron chi connectivity index (χ0n) is 27.7. The highest BCUT2D eigenvalue weighted by Gasteiger charge is 2.40. The molecule has 6 unspecified atom stereocenters. The van der Waals surface area contributed by atoms with Gasteiger partial charge in [-0.3, -0.25) is 0 Å². The predicted octanol–water partition coefficient (Wildman–Crippen LogP) is 9.97. The Hall–Kier alpha value is -4.22. The molecular weight excluding hydrogens is 626 g/mol. The molecule has 10 rings (SSSR count). The molecule has 6 atom stereocenters. The van der Waals surface area contributed by atoms with Crippen molar-refractivity contribution in [3.8, 4) is 0 Å². The number of aromatic nitrogens is 3. The van der Waals surface area contributed by atoms with Crippen molar-refractivity contribution in [1.29, 1.82) is 0 Å². The molecule has 0 bridgehead atoms. The van der Waals surface area contributed by atoms with Crippen LogP contribution in [-0.4, -0.2) is 26.4 Å². The van der Waals surface area contributed by atoms with Gasteiger partial charge in [-0.05, 0) is 80.6 Å². The van der Waals surface area contributed by atoms with Crippen LogP contribution >= 0.6 is 11.6 Å². The Morgan fingerprint density at radius 2 is 1.67 bits per heavy atom. The van der Waals surface area contributed by atoms with E-state index in [4.69, 9.17) is 35.7 Å². The molecule has 5 nitrogen and oxygen atoms in total. The molecule has 1 aliphatic heterocycles. The third-order valence-corrected chi connectivity index (χ3v) is 11.9. The fourth-order valence-corrected chi connectivity index (χ4v) is 9.55. The number of alkyl halides is 1. The summed E-state index contributed by atoms with van der Waals surface area (Å²) in [7, 11) is 0. The molecule has 0 spiro atoms. The van der Waals surface area contributed by atoms with Crippen molar-refractivity contribution < 1.29 is 9.15 Å². The maximum Gasteiger partial charge on any atom is 0.167 e. The van der Waals surface area contributed by atoms with Crippen molar-refractivity contribution in [1.82, 2.24) is 15.0 Å². The molecule has 0 amide bonds. The summed E-state index contributed by atoms with van der Waals surface area (Å²) in [5, 5.41) is -0.00801. The summed E-state index contributed by atoms with van der Waals surface area (Å²) in [5.41, 5.74) is 8.69. The first kappa shape index (κ1) is 29.7. The molecule has 0 aromatic carbocycles. The number of rotatable bonds is 4. The fraction of sp³-hybridized carbons (Fsp3) is 0.372. The highest BCUT2D eigenvalue weighted by atomic mass is 35.5. The monoisotopic (exact) mass is 665 g/mol. The molecule has 49 heavy (non-hydrogen) atoms. The number of hydrogen-bond donors (Lipinski definition) is 0. The molecule has 3 heterocycles. The zero-order valence-corrected chi connectivity index (χ0v) is 28.4. The minimum absolute atomic E-state index is 0.00801. The van der Waals surface area contributed by atoms with Gasteiger partial charge in [-0.25, -0.2) is 15.0 Å². The SMILES string of the molecule is ClC1C=Cc2oc3c(c2C1)C(C1C=CC(c2nc(C4=CCCC5=C4OC4CCC=CC54)nc(C4C=CCCC4)n2)=C2C=CC=CC21)=CCC3. The maximum absolute atomic E-state index is 6.72. The molecule has 0 saturated heterocycles. The van der Waals surface area contributed by atoms with Crippen LogP contribution in [-0.2, 0) is 17.6 Å². The Morgan fingerprint density at radius 3 is 2.61 bits per heavy atom. The van der Waals surface area contributed by atoms with Crippen LogP contribution in [0.2, 0.25) is 0 Å². The lowest BCUT2D eigenvalue weighted by atomic mass is 9.70. The van der Waals surface area contributed by atoms with E-state index < -0.39 is 0 Å². The fourth-order valence-electron chi connectivity index (χ4n) is 9.32. The minimum atomic E-state index is -0.00801. The van der Waals surface area contributed by atoms with Gasteiger partial charge in [-0.15, -0.1) is 11.6 Å². The van der Waals surface area contributed by atoms with Crippen molar-refractivity contribution in [2.75, 3.05) is 0 Å². The molecule has 8 aliphatic rings. The van der Waals surface area contributed by atoms with Gasteiger partial charge in [0.2, 0.25) is 0 Å². The minimum Gasteiger partial charge on any atom is -0.489 e. The average Bonchev–Trinajstić information content (AvgIpc) is 3.73. The summed E-state index contributed by atoms with van der Waals surface area (Å²) in [6.07, 6.45) is 42.2. The van der Waals surface area contributed by atoms with Crippen LogP contribution in [0.25, 0.3) is 22.8 Å². The average molecular weight is 666 g/mol. The van der Waals surface area contributed by atoms with E-state index in [2.05, 4.69) is 85.1 Å². The number of halogens is 1. The third-order valence-electron chi connectivity index (χ3n) is 11.6. The Kier molecular flexibility index (Phi) is 7.26. The summed E-state index contributed by atoms with van der Waals surface area (Å²) in [6, 6.07) is 0. The van der Waals surface area contributed by atoms with Crippen molar-refractivity contribution >= 4 is 34.4 Å². The Labute approximate surface area is 293 Å². The van der Waals surface area contributed by atoms with Crippen LogP contribution in [0.3, 0.4) is 0 Å². The quantitative estimate of drug-likeness (QED) is 0.240. The predicted molar refractivity (Wildman–Crippen MR) is 195 cm³/mol. The second-order valence-corrected chi connectivity index (χ2v) is 15.1. The van der Waals surface area contributed by atoms with Crippen molar-refractivity contribution in [3.63, 3.8) is 0 Å². The Balaban J connectivity index is 1.07. The van der Waals surface area contributed by atoms with Gasteiger partial charge in [-0.2, -0.15) is 0 Å². The molecule has 2 aromatic heterocycles. The van der Waals surface area contributed by atoms with Gasteiger partial charge in [0.15, 0.2) is 11.6 Å². The number of fused-ring (bicyclic) bond motifs is 6. The zero-order chi connectivity index (χ0) is 32.5. The van der Waals surface area contributed by atoms with Gasteiger partial charge >= 0.3 is 0 Å². The number of furan rings is 1. The standard InChI is InChI=1S/C43H40ClN3O2/c44-26-20-23-37-35(24-26)39-31(15-9-19-38(39)48-37)29-21-22-33(28-13-5-4-12-27(28)29)42-45-41(25-10-2-1-3-11-25)46-43(47-42)34-17-8-16-32-30-14-6-7-18-36(30)49-40(32)34/h2,4-6,10,12-15,17,20-23,25-27,29-30,36H,1,3,7-9,11,16,18-19,24H2. The van der Waals surface area contributed by atoms with Gasteiger partial charge in [0.25, 0.3) is 0 Å². The molecule has 7 aliphatic carbocycles.